The van der Waals surface area contributed by atoms with E-state index in [1.807, 2.05) is 36.4 Å². The van der Waals surface area contributed by atoms with E-state index in [2.05, 4.69) is 11.6 Å². The maximum atomic E-state index is 12.2. The van der Waals surface area contributed by atoms with Gasteiger partial charge < -0.3 is 0 Å². The fraction of sp³-hybridized carbons (Fsp3) is 0.0667. The van der Waals surface area contributed by atoms with Crippen molar-refractivity contribution in [3.8, 4) is 11.3 Å². The summed E-state index contributed by atoms with van der Waals surface area (Å²) in [5.41, 5.74) is 1.30. The van der Waals surface area contributed by atoms with Crippen molar-refractivity contribution in [3.63, 3.8) is 0 Å². The summed E-state index contributed by atoms with van der Waals surface area (Å²) >= 11 is 7.50. The minimum absolute atomic E-state index is 0.283. The summed E-state index contributed by atoms with van der Waals surface area (Å²) in [4.78, 5) is 17.2. The Bertz CT molecular complexity index is 836. The number of allylic oxidation sites excluding steroid dienone is 1. The first-order valence-electron chi connectivity index (χ1n) is 6.07. The summed E-state index contributed by atoms with van der Waals surface area (Å²) in [6.07, 6.45) is 1.68. The number of aromatic nitrogens is 2. The van der Waals surface area contributed by atoms with Crippen molar-refractivity contribution >= 4 is 33.2 Å². The number of benzene rings is 1. The SMILES string of the molecule is C=CCn1c(=O)nc(-c2ccccc2)c2cc(Cl)sc21. The third kappa shape index (κ3) is 2.17. The fourth-order valence-corrected chi connectivity index (χ4v) is 3.35. The molecule has 0 aliphatic heterocycles. The lowest BCUT2D eigenvalue weighted by Crippen LogP contribution is -2.22. The first-order valence-corrected chi connectivity index (χ1v) is 7.26. The van der Waals surface area contributed by atoms with Crippen molar-refractivity contribution in [3.05, 3.63) is 63.9 Å². The Kier molecular flexibility index (Phi) is 3.42. The number of nitrogens with zero attached hydrogens (tertiary/aromatic N) is 2. The lowest BCUT2D eigenvalue weighted by atomic mass is 10.1. The van der Waals surface area contributed by atoms with Crippen LogP contribution < -0.4 is 5.69 Å². The van der Waals surface area contributed by atoms with E-state index in [-0.39, 0.29) is 5.69 Å². The Morgan fingerprint density at radius 2 is 2.10 bits per heavy atom. The van der Waals surface area contributed by atoms with E-state index < -0.39 is 0 Å². The van der Waals surface area contributed by atoms with Crippen LogP contribution in [0, 0.1) is 0 Å². The molecule has 0 aliphatic carbocycles. The molecule has 0 fully saturated rings. The molecular weight excluding hydrogens is 292 g/mol. The topological polar surface area (TPSA) is 34.9 Å². The maximum absolute atomic E-state index is 12.2. The highest BCUT2D eigenvalue weighted by Gasteiger charge is 2.14. The lowest BCUT2D eigenvalue weighted by Gasteiger charge is -2.07. The molecule has 0 saturated carbocycles. The summed E-state index contributed by atoms with van der Waals surface area (Å²) in [6, 6.07) is 11.5. The zero-order valence-electron chi connectivity index (χ0n) is 10.5. The van der Waals surface area contributed by atoms with Gasteiger partial charge in [-0.2, -0.15) is 4.98 Å². The second-order valence-electron chi connectivity index (χ2n) is 4.28. The molecule has 5 heteroatoms. The largest absolute Gasteiger partial charge is 0.349 e. The van der Waals surface area contributed by atoms with Gasteiger partial charge in [-0.15, -0.1) is 17.9 Å². The van der Waals surface area contributed by atoms with E-state index in [1.54, 1.807) is 10.6 Å². The predicted molar refractivity (Wildman–Crippen MR) is 84.5 cm³/mol. The van der Waals surface area contributed by atoms with E-state index in [4.69, 9.17) is 11.6 Å². The number of hydrogen-bond acceptors (Lipinski definition) is 3. The van der Waals surface area contributed by atoms with Crippen LogP contribution in [0.3, 0.4) is 0 Å². The van der Waals surface area contributed by atoms with Gasteiger partial charge in [0.25, 0.3) is 0 Å². The molecule has 3 rings (SSSR count). The van der Waals surface area contributed by atoms with E-state index in [0.717, 1.165) is 15.8 Å². The summed E-state index contributed by atoms with van der Waals surface area (Å²) in [5.74, 6) is 0. The average Bonchev–Trinajstić information content (AvgIpc) is 2.84. The van der Waals surface area contributed by atoms with Crippen LogP contribution in [0.2, 0.25) is 4.34 Å². The lowest BCUT2D eigenvalue weighted by molar-refractivity contribution is 0.789. The Morgan fingerprint density at radius 1 is 1.35 bits per heavy atom. The third-order valence-electron chi connectivity index (χ3n) is 2.98. The number of rotatable bonds is 3. The molecule has 0 bridgehead atoms. The normalized spacial score (nSPS) is 10.8. The number of halogens is 1. The number of fused-ring (bicyclic) bond motifs is 1. The fourth-order valence-electron chi connectivity index (χ4n) is 2.13. The number of thiophene rings is 1. The average molecular weight is 303 g/mol. The minimum Gasteiger partial charge on any atom is -0.279 e. The van der Waals surface area contributed by atoms with Gasteiger partial charge in [0.1, 0.15) is 4.83 Å². The van der Waals surface area contributed by atoms with E-state index in [1.165, 1.54) is 11.3 Å². The van der Waals surface area contributed by atoms with Crippen molar-refractivity contribution < 1.29 is 0 Å². The molecule has 0 radical (unpaired) electrons. The molecule has 3 nitrogen and oxygen atoms in total. The molecule has 0 atom stereocenters. The highest BCUT2D eigenvalue weighted by molar-refractivity contribution is 7.22. The second-order valence-corrected chi connectivity index (χ2v) is 5.94. The van der Waals surface area contributed by atoms with E-state index in [9.17, 15) is 4.79 Å². The highest BCUT2D eigenvalue weighted by atomic mass is 35.5. The first kappa shape index (κ1) is 13.1. The summed E-state index contributed by atoms with van der Waals surface area (Å²) < 4.78 is 2.23. The van der Waals surface area contributed by atoms with Gasteiger partial charge in [0, 0.05) is 17.5 Å². The van der Waals surface area contributed by atoms with Crippen LogP contribution in [0.4, 0.5) is 0 Å². The standard InChI is InChI=1S/C15H11ClN2OS/c1-2-8-18-14-11(9-12(16)20-14)13(17-15(18)19)10-6-4-3-5-7-10/h2-7,9H,1,8H2. The first-order chi connectivity index (χ1) is 9.70. The van der Waals surface area contributed by atoms with Crippen molar-refractivity contribution in [2.75, 3.05) is 0 Å². The highest BCUT2D eigenvalue weighted by Crippen LogP contribution is 2.33. The van der Waals surface area contributed by atoms with Gasteiger partial charge in [0.05, 0.1) is 10.0 Å². The minimum atomic E-state index is -0.283. The van der Waals surface area contributed by atoms with Gasteiger partial charge >= 0.3 is 5.69 Å². The van der Waals surface area contributed by atoms with Crippen molar-refractivity contribution in [2.24, 2.45) is 0 Å². The summed E-state index contributed by atoms with van der Waals surface area (Å²) in [6.45, 7) is 4.10. The van der Waals surface area contributed by atoms with Gasteiger partial charge in [-0.25, -0.2) is 4.79 Å². The molecular formula is C15H11ClN2OS. The quantitative estimate of drug-likeness (QED) is 0.686. The van der Waals surface area contributed by atoms with Crippen molar-refractivity contribution in [2.45, 2.75) is 6.54 Å². The molecule has 2 heterocycles. The Morgan fingerprint density at radius 3 is 2.80 bits per heavy atom. The van der Waals surface area contributed by atoms with E-state index >= 15 is 0 Å². The summed E-state index contributed by atoms with van der Waals surface area (Å²) in [5, 5.41) is 0.896. The van der Waals surface area contributed by atoms with Crippen molar-refractivity contribution in [1.82, 2.24) is 9.55 Å². The molecule has 0 N–H and O–H groups in total. The van der Waals surface area contributed by atoms with Crippen LogP contribution in [0.15, 0.2) is 53.8 Å². The molecule has 0 spiro atoms. The number of hydrogen-bond donors (Lipinski definition) is 0. The second kappa shape index (κ2) is 5.23. The molecule has 3 aromatic rings. The van der Waals surface area contributed by atoms with Crippen molar-refractivity contribution in [1.29, 1.82) is 0 Å². The zero-order chi connectivity index (χ0) is 14.1. The maximum Gasteiger partial charge on any atom is 0.349 e. The van der Waals surface area contributed by atoms with Gasteiger partial charge in [-0.3, -0.25) is 4.57 Å². The van der Waals surface area contributed by atoms with Crippen LogP contribution in [0.1, 0.15) is 0 Å². The van der Waals surface area contributed by atoms with Gasteiger partial charge in [-0.05, 0) is 6.07 Å². The Hall–Kier alpha value is -1.91. The molecule has 0 saturated heterocycles. The Labute approximate surface area is 124 Å². The van der Waals surface area contributed by atoms with Gasteiger partial charge in [-0.1, -0.05) is 48.0 Å². The third-order valence-corrected chi connectivity index (χ3v) is 4.27. The molecule has 0 aliphatic rings. The van der Waals surface area contributed by atoms with Crippen LogP contribution in [0.25, 0.3) is 21.5 Å². The zero-order valence-corrected chi connectivity index (χ0v) is 12.1. The molecule has 100 valence electrons. The van der Waals surface area contributed by atoms with Crippen LogP contribution in [-0.4, -0.2) is 9.55 Å². The van der Waals surface area contributed by atoms with Gasteiger partial charge in [0.15, 0.2) is 0 Å². The van der Waals surface area contributed by atoms with Gasteiger partial charge in [0.2, 0.25) is 0 Å². The van der Waals surface area contributed by atoms with Crippen LogP contribution in [-0.2, 0) is 6.54 Å². The van der Waals surface area contributed by atoms with E-state index in [0.29, 0.717) is 16.6 Å². The predicted octanol–water partition coefficient (Wildman–Crippen LogP) is 3.96. The van der Waals surface area contributed by atoms with Crippen LogP contribution >= 0.6 is 22.9 Å². The molecule has 0 unspecified atom stereocenters. The smallest absolute Gasteiger partial charge is 0.279 e. The molecule has 20 heavy (non-hydrogen) atoms. The summed E-state index contributed by atoms with van der Waals surface area (Å²) in [7, 11) is 0. The van der Waals surface area contributed by atoms with Crippen LogP contribution in [0.5, 0.6) is 0 Å². The molecule has 1 aromatic carbocycles. The monoisotopic (exact) mass is 302 g/mol. The molecule has 2 aromatic heterocycles. The Balaban J connectivity index is 2.38. The molecule has 0 amide bonds.